The number of rotatable bonds is 1. The van der Waals surface area contributed by atoms with E-state index in [4.69, 9.17) is 0 Å². The molecular weight excluding hydrogens is 218 g/mol. The van der Waals surface area contributed by atoms with Crippen LogP contribution in [0.25, 0.3) is 11.3 Å². The van der Waals surface area contributed by atoms with E-state index in [-0.39, 0.29) is 0 Å². The lowest BCUT2D eigenvalue weighted by Gasteiger charge is -1.94. The molecule has 1 N–H and O–H groups in total. The molecule has 2 aromatic rings. The van der Waals surface area contributed by atoms with Gasteiger partial charge in [-0.25, -0.2) is 0 Å². The predicted molar refractivity (Wildman–Crippen MR) is 49.5 cm³/mol. The van der Waals surface area contributed by atoms with Crippen LogP contribution in [0.5, 0.6) is 0 Å². The van der Waals surface area contributed by atoms with Gasteiger partial charge in [-0.1, -0.05) is 6.07 Å². The molecule has 0 atom stereocenters. The number of H-pyrrole nitrogens is 1. The first-order valence-electron chi connectivity index (χ1n) is 3.48. The highest BCUT2D eigenvalue weighted by molar-refractivity contribution is 9.10. The summed E-state index contributed by atoms with van der Waals surface area (Å²) < 4.78 is 0.862. The van der Waals surface area contributed by atoms with Crippen molar-refractivity contribution < 1.29 is 0 Å². The second-order valence-corrected chi connectivity index (χ2v) is 3.11. The molecule has 0 saturated heterocycles. The zero-order valence-corrected chi connectivity index (χ0v) is 7.75. The number of nitrogens with zero attached hydrogens (tertiary/aromatic N) is 2. The molecule has 60 valence electrons. The Bertz CT molecular complexity index is 369. The third kappa shape index (κ3) is 1.25. The first-order chi connectivity index (χ1) is 5.88. The van der Waals surface area contributed by atoms with Gasteiger partial charge in [-0.2, -0.15) is 5.10 Å². The summed E-state index contributed by atoms with van der Waals surface area (Å²) in [6, 6.07) is 5.77. The minimum atomic E-state index is 0.862. The Labute approximate surface area is 78.0 Å². The van der Waals surface area contributed by atoms with Crippen molar-refractivity contribution in [1.82, 2.24) is 15.2 Å². The molecule has 0 spiro atoms. The summed E-state index contributed by atoms with van der Waals surface area (Å²) in [5, 5.41) is 6.68. The SMILES string of the molecule is Brc1[nH]ncc1-c1ccccn1. The van der Waals surface area contributed by atoms with Gasteiger partial charge >= 0.3 is 0 Å². The molecule has 0 fully saturated rings. The number of nitrogens with one attached hydrogen (secondary N) is 1. The normalized spacial score (nSPS) is 10.1. The number of halogens is 1. The van der Waals surface area contributed by atoms with Crippen molar-refractivity contribution >= 4 is 15.9 Å². The fourth-order valence-electron chi connectivity index (χ4n) is 0.971. The van der Waals surface area contributed by atoms with Crippen LogP contribution >= 0.6 is 15.9 Å². The highest BCUT2D eigenvalue weighted by Gasteiger charge is 2.03. The van der Waals surface area contributed by atoms with Crippen molar-refractivity contribution in [2.75, 3.05) is 0 Å². The zero-order valence-electron chi connectivity index (χ0n) is 6.16. The molecule has 2 aromatic heterocycles. The number of hydrogen-bond donors (Lipinski definition) is 1. The molecule has 0 unspecified atom stereocenters. The van der Waals surface area contributed by atoms with E-state index in [0.29, 0.717) is 0 Å². The number of aromatic nitrogens is 3. The van der Waals surface area contributed by atoms with Crippen LogP contribution < -0.4 is 0 Å². The molecule has 2 heterocycles. The highest BCUT2D eigenvalue weighted by Crippen LogP contribution is 2.22. The molecule has 0 amide bonds. The standard InChI is InChI=1S/C8H6BrN3/c9-8-6(5-11-12-8)7-3-1-2-4-10-7/h1-5H,(H,11,12). The van der Waals surface area contributed by atoms with Gasteiger partial charge in [0.25, 0.3) is 0 Å². The summed E-state index contributed by atoms with van der Waals surface area (Å²) in [5.41, 5.74) is 1.90. The zero-order chi connectivity index (χ0) is 8.39. The maximum Gasteiger partial charge on any atom is 0.110 e. The van der Waals surface area contributed by atoms with Gasteiger partial charge in [-0.05, 0) is 28.1 Å². The van der Waals surface area contributed by atoms with Crippen molar-refractivity contribution in [3.63, 3.8) is 0 Å². The molecule has 0 aliphatic rings. The van der Waals surface area contributed by atoms with E-state index in [0.717, 1.165) is 15.9 Å². The lowest BCUT2D eigenvalue weighted by molar-refractivity contribution is 1.07. The van der Waals surface area contributed by atoms with Crippen LogP contribution in [-0.2, 0) is 0 Å². The van der Waals surface area contributed by atoms with Gasteiger partial charge < -0.3 is 0 Å². The lowest BCUT2D eigenvalue weighted by atomic mass is 10.2. The Balaban J connectivity index is 2.51. The summed E-state index contributed by atoms with van der Waals surface area (Å²) >= 11 is 3.34. The Hall–Kier alpha value is -1.16. The molecule has 12 heavy (non-hydrogen) atoms. The Morgan fingerprint density at radius 1 is 1.33 bits per heavy atom. The van der Waals surface area contributed by atoms with Crippen LogP contribution in [0.15, 0.2) is 35.2 Å². The van der Waals surface area contributed by atoms with Gasteiger partial charge in [-0.3, -0.25) is 10.1 Å². The van der Waals surface area contributed by atoms with Gasteiger partial charge in [0.1, 0.15) is 4.60 Å². The maximum atomic E-state index is 4.19. The lowest BCUT2D eigenvalue weighted by Crippen LogP contribution is -1.79. The van der Waals surface area contributed by atoms with Gasteiger partial charge in [-0.15, -0.1) is 0 Å². The molecule has 3 nitrogen and oxygen atoms in total. The third-order valence-corrected chi connectivity index (χ3v) is 2.14. The molecule has 0 aromatic carbocycles. The number of aromatic amines is 1. The van der Waals surface area contributed by atoms with Crippen molar-refractivity contribution in [3.05, 3.63) is 35.2 Å². The Morgan fingerprint density at radius 2 is 2.25 bits per heavy atom. The quantitative estimate of drug-likeness (QED) is 0.806. The largest absolute Gasteiger partial charge is 0.271 e. The third-order valence-electron chi connectivity index (χ3n) is 1.53. The molecular formula is C8H6BrN3. The van der Waals surface area contributed by atoms with E-state index in [1.807, 2.05) is 18.2 Å². The summed E-state index contributed by atoms with van der Waals surface area (Å²) in [5.74, 6) is 0. The molecule has 0 aliphatic heterocycles. The summed E-state index contributed by atoms with van der Waals surface area (Å²) in [4.78, 5) is 4.19. The van der Waals surface area contributed by atoms with Gasteiger partial charge in [0.15, 0.2) is 0 Å². The average molecular weight is 224 g/mol. The van der Waals surface area contributed by atoms with Crippen molar-refractivity contribution in [2.24, 2.45) is 0 Å². The first kappa shape index (κ1) is 7.49. The topological polar surface area (TPSA) is 41.6 Å². The summed E-state index contributed by atoms with van der Waals surface area (Å²) in [6.07, 6.45) is 3.50. The molecule has 0 bridgehead atoms. The predicted octanol–water partition coefficient (Wildman–Crippen LogP) is 2.23. The van der Waals surface area contributed by atoms with Crippen LogP contribution in [0.3, 0.4) is 0 Å². The Kier molecular flexibility index (Phi) is 1.91. The number of hydrogen-bond acceptors (Lipinski definition) is 2. The summed E-state index contributed by atoms with van der Waals surface area (Å²) in [6.45, 7) is 0. The highest BCUT2D eigenvalue weighted by atomic mass is 79.9. The second kappa shape index (κ2) is 3.06. The minimum Gasteiger partial charge on any atom is -0.271 e. The van der Waals surface area contributed by atoms with E-state index >= 15 is 0 Å². The molecule has 4 heteroatoms. The van der Waals surface area contributed by atoms with E-state index in [2.05, 4.69) is 31.1 Å². The fourth-order valence-corrected chi connectivity index (χ4v) is 1.38. The molecule has 0 saturated carbocycles. The minimum absolute atomic E-state index is 0.862. The van der Waals surface area contributed by atoms with Crippen LogP contribution in [0.2, 0.25) is 0 Å². The second-order valence-electron chi connectivity index (χ2n) is 2.31. The van der Waals surface area contributed by atoms with Crippen LogP contribution in [0, 0.1) is 0 Å². The van der Waals surface area contributed by atoms with Gasteiger partial charge in [0, 0.05) is 6.20 Å². The monoisotopic (exact) mass is 223 g/mol. The van der Waals surface area contributed by atoms with Crippen LogP contribution in [-0.4, -0.2) is 15.2 Å². The first-order valence-corrected chi connectivity index (χ1v) is 4.27. The van der Waals surface area contributed by atoms with E-state index in [9.17, 15) is 0 Å². The molecule has 0 aliphatic carbocycles. The van der Waals surface area contributed by atoms with E-state index < -0.39 is 0 Å². The van der Waals surface area contributed by atoms with Gasteiger partial charge in [0.05, 0.1) is 17.5 Å². The van der Waals surface area contributed by atoms with Crippen molar-refractivity contribution in [2.45, 2.75) is 0 Å². The summed E-state index contributed by atoms with van der Waals surface area (Å²) in [7, 11) is 0. The smallest absolute Gasteiger partial charge is 0.110 e. The van der Waals surface area contributed by atoms with Crippen molar-refractivity contribution in [1.29, 1.82) is 0 Å². The fraction of sp³-hybridized carbons (Fsp3) is 0. The van der Waals surface area contributed by atoms with Crippen LogP contribution in [0.1, 0.15) is 0 Å². The Morgan fingerprint density at radius 3 is 2.83 bits per heavy atom. The maximum absolute atomic E-state index is 4.19. The van der Waals surface area contributed by atoms with E-state index in [1.54, 1.807) is 12.4 Å². The molecule has 0 radical (unpaired) electrons. The van der Waals surface area contributed by atoms with Gasteiger partial charge in [0.2, 0.25) is 0 Å². The van der Waals surface area contributed by atoms with E-state index in [1.165, 1.54) is 0 Å². The number of pyridine rings is 1. The van der Waals surface area contributed by atoms with Crippen molar-refractivity contribution in [3.8, 4) is 11.3 Å². The molecule has 2 rings (SSSR count). The van der Waals surface area contributed by atoms with Crippen LogP contribution in [0.4, 0.5) is 0 Å². The average Bonchev–Trinajstić information content (AvgIpc) is 2.53.